The highest BCUT2D eigenvalue weighted by Crippen LogP contribution is 2.62. The van der Waals surface area contributed by atoms with Crippen molar-refractivity contribution in [3.63, 3.8) is 0 Å². The lowest BCUT2D eigenvalue weighted by molar-refractivity contribution is -0.128. The van der Waals surface area contributed by atoms with E-state index in [2.05, 4.69) is 27.4 Å². The number of rotatable bonds is 1. The molecule has 5 atom stereocenters. The van der Waals surface area contributed by atoms with Gasteiger partial charge in [-0.15, -0.1) is 6.58 Å². The molecule has 0 radical (unpaired) electrons. The van der Waals surface area contributed by atoms with Crippen LogP contribution in [0.3, 0.4) is 0 Å². The van der Waals surface area contributed by atoms with Crippen LogP contribution in [-0.2, 0) is 4.79 Å². The highest BCUT2D eigenvalue weighted by Gasteiger charge is 2.58. The van der Waals surface area contributed by atoms with Gasteiger partial charge in [0, 0.05) is 17.4 Å². The third kappa shape index (κ3) is 2.12. The minimum Gasteiger partial charge on any atom is -0.393 e. The largest absolute Gasteiger partial charge is 0.393 e. The topological polar surface area (TPSA) is 57.5 Å². The van der Waals surface area contributed by atoms with Gasteiger partial charge in [0.25, 0.3) is 0 Å². The second kappa shape index (κ2) is 5.03. The van der Waals surface area contributed by atoms with Crippen molar-refractivity contribution in [1.29, 1.82) is 0 Å². The molecule has 3 aliphatic carbocycles. The number of carbonyl (C=O) groups is 1. The SMILES string of the molecule is C=C[C@]1(C)CC(=O)C2=C(CC[C@@H]3C(C)(C)[C@@H](O)CC[C@@]23C)[C@@H]1O. The first-order chi connectivity index (χ1) is 10.6. The average Bonchev–Trinajstić information content (AvgIpc) is 2.48. The second-order valence-electron chi connectivity index (χ2n) is 9.00. The van der Waals surface area contributed by atoms with Crippen LogP contribution in [0.5, 0.6) is 0 Å². The lowest BCUT2D eigenvalue weighted by atomic mass is 9.47. The van der Waals surface area contributed by atoms with E-state index in [0.29, 0.717) is 6.42 Å². The molecule has 0 aromatic rings. The Morgan fingerprint density at radius 3 is 2.43 bits per heavy atom. The van der Waals surface area contributed by atoms with Crippen molar-refractivity contribution in [2.45, 2.75) is 72.0 Å². The standard InChI is InChI=1S/C20H30O3/c1-6-19(4)11-13(21)16-12(17(19)23)7-8-14-18(2,3)15(22)9-10-20(14,16)5/h6,14-15,17,22-23H,1,7-11H2,2-5H3/t14-,15+,17+,19-,20-/m1/s1. The van der Waals surface area contributed by atoms with E-state index >= 15 is 0 Å². The number of aliphatic hydroxyl groups excluding tert-OH is 2. The Bertz CT molecular complexity index is 588. The zero-order valence-corrected chi connectivity index (χ0v) is 14.9. The molecule has 0 aliphatic heterocycles. The molecule has 0 aromatic carbocycles. The van der Waals surface area contributed by atoms with Gasteiger partial charge in [0.05, 0.1) is 12.2 Å². The number of allylic oxidation sites excluding steroid dienone is 1. The second-order valence-corrected chi connectivity index (χ2v) is 9.00. The lowest BCUT2D eigenvalue weighted by Gasteiger charge is -2.58. The molecule has 0 spiro atoms. The van der Waals surface area contributed by atoms with E-state index in [0.717, 1.165) is 36.8 Å². The van der Waals surface area contributed by atoms with Gasteiger partial charge in [-0.2, -0.15) is 0 Å². The third-order valence-corrected chi connectivity index (χ3v) is 7.30. The summed E-state index contributed by atoms with van der Waals surface area (Å²) in [5.74, 6) is 0.453. The highest BCUT2D eigenvalue weighted by atomic mass is 16.3. The van der Waals surface area contributed by atoms with Crippen LogP contribution in [0, 0.1) is 22.2 Å². The molecule has 0 bridgehead atoms. The first kappa shape index (κ1) is 16.9. The fraction of sp³-hybridized carbons (Fsp3) is 0.750. The van der Waals surface area contributed by atoms with E-state index in [4.69, 9.17) is 0 Å². The van der Waals surface area contributed by atoms with E-state index < -0.39 is 11.5 Å². The van der Waals surface area contributed by atoms with Crippen LogP contribution >= 0.6 is 0 Å². The molecule has 2 N–H and O–H groups in total. The number of hydrogen-bond donors (Lipinski definition) is 2. The maximum absolute atomic E-state index is 13.0. The maximum Gasteiger partial charge on any atom is 0.160 e. The van der Waals surface area contributed by atoms with E-state index in [9.17, 15) is 15.0 Å². The van der Waals surface area contributed by atoms with Crippen molar-refractivity contribution >= 4 is 5.78 Å². The molecule has 0 saturated heterocycles. The molecule has 0 amide bonds. The molecule has 0 heterocycles. The number of hydrogen-bond acceptors (Lipinski definition) is 3. The number of carbonyl (C=O) groups excluding carboxylic acids is 1. The van der Waals surface area contributed by atoms with Gasteiger partial charge in [0.2, 0.25) is 0 Å². The molecule has 3 aliphatic rings. The molecule has 1 fully saturated rings. The first-order valence-corrected chi connectivity index (χ1v) is 8.84. The van der Waals surface area contributed by atoms with Gasteiger partial charge in [-0.05, 0) is 48.0 Å². The lowest BCUT2D eigenvalue weighted by Crippen LogP contribution is -2.55. The number of fused-ring (bicyclic) bond motifs is 2. The van der Waals surface area contributed by atoms with Gasteiger partial charge in [-0.1, -0.05) is 33.8 Å². The average molecular weight is 318 g/mol. The molecule has 0 unspecified atom stereocenters. The summed E-state index contributed by atoms with van der Waals surface area (Å²) in [7, 11) is 0. The van der Waals surface area contributed by atoms with Crippen molar-refractivity contribution in [2.75, 3.05) is 0 Å². The summed E-state index contributed by atoms with van der Waals surface area (Å²) in [6.07, 6.45) is 4.37. The molecule has 23 heavy (non-hydrogen) atoms. The molecular weight excluding hydrogens is 288 g/mol. The van der Waals surface area contributed by atoms with Crippen LogP contribution in [0.4, 0.5) is 0 Å². The predicted molar refractivity (Wildman–Crippen MR) is 90.8 cm³/mol. The Hall–Kier alpha value is -0.930. The summed E-state index contributed by atoms with van der Waals surface area (Å²) in [5.41, 5.74) is 0.838. The third-order valence-electron chi connectivity index (χ3n) is 7.30. The fourth-order valence-electron chi connectivity index (χ4n) is 5.70. The van der Waals surface area contributed by atoms with Crippen molar-refractivity contribution in [3.8, 4) is 0 Å². The minimum atomic E-state index is -0.611. The van der Waals surface area contributed by atoms with Gasteiger partial charge >= 0.3 is 0 Å². The predicted octanol–water partition coefficient (Wildman–Crippen LogP) is 3.41. The molecule has 3 heteroatoms. The number of Topliss-reactive ketones (excluding diaryl/α,β-unsaturated/α-hetero) is 1. The van der Waals surface area contributed by atoms with Gasteiger partial charge in [0.1, 0.15) is 0 Å². The molecule has 1 saturated carbocycles. The van der Waals surface area contributed by atoms with Crippen molar-refractivity contribution < 1.29 is 15.0 Å². The summed E-state index contributed by atoms with van der Waals surface area (Å²) in [5, 5.41) is 21.4. The van der Waals surface area contributed by atoms with E-state index in [1.54, 1.807) is 6.08 Å². The van der Waals surface area contributed by atoms with Crippen LogP contribution in [0.15, 0.2) is 23.8 Å². The molecular formula is C20H30O3. The van der Waals surface area contributed by atoms with Crippen LogP contribution in [-0.4, -0.2) is 28.2 Å². The normalized spacial score (nSPS) is 46.2. The van der Waals surface area contributed by atoms with Crippen molar-refractivity contribution in [3.05, 3.63) is 23.8 Å². The zero-order chi connectivity index (χ0) is 17.2. The van der Waals surface area contributed by atoms with E-state index in [1.165, 1.54) is 0 Å². The van der Waals surface area contributed by atoms with E-state index in [1.807, 2.05) is 6.92 Å². The van der Waals surface area contributed by atoms with E-state index in [-0.39, 0.29) is 28.6 Å². The molecule has 3 nitrogen and oxygen atoms in total. The number of aliphatic hydroxyl groups is 2. The maximum atomic E-state index is 13.0. The number of ketones is 1. The molecule has 128 valence electrons. The summed E-state index contributed by atoms with van der Waals surface area (Å²) < 4.78 is 0. The Kier molecular flexibility index (Phi) is 3.70. The quantitative estimate of drug-likeness (QED) is 0.729. The summed E-state index contributed by atoms with van der Waals surface area (Å²) in [6.45, 7) is 12.2. The van der Waals surface area contributed by atoms with Crippen LogP contribution < -0.4 is 0 Å². The smallest absolute Gasteiger partial charge is 0.160 e. The van der Waals surface area contributed by atoms with Crippen LogP contribution in [0.1, 0.15) is 59.8 Å². The van der Waals surface area contributed by atoms with Gasteiger partial charge < -0.3 is 10.2 Å². The minimum absolute atomic E-state index is 0.173. The fourth-order valence-corrected chi connectivity index (χ4v) is 5.70. The van der Waals surface area contributed by atoms with Gasteiger partial charge in [-0.3, -0.25) is 4.79 Å². The Balaban J connectivity index is 2.13. The monoisotopic (exact) mass is 318 g/mol. The Labute approximate surface area is 139 Å². The Morgan fingerprint density at radius 1 is 1.17 bits per heavy atom. The van der Waals surface area contributed by atoms with Crippen molar-refractivity contribution in [2.24, 2.45) is 22.2 Å². The van der Waals surface area contributed by atoms with Crippen LogP contribution in [0.25, 0.3) is 0 Å². The van der Waals surface area contributed by atoms with Gasteiger partial charge in [0.15, 0.2) is 5.78 Å². The van der Waals surface area contributed by atoms with Crippen molar-refractivity contribution in [1.82, 2.24) is 0 Å². The highest BCUT2D eigenvalue weighted by molar-refractivity contribution is 5.99. The van der Waals surface area contributed by atoms with Crippen LogP contribution in [0.2, 0.25) is 0 Å². The molecule has 3 rings (SSSR count). The van der Waals surface area contributed by atoms with Gasteiger partial charge in [-0.25, -0.2) is 0 Å². The molecule has 0 aromatic heterocycles. The Morgan fingerprint density at radius 2 is 1.83 bits per heavy atom. The summed E-state index contributed by atoms with van der Waals surface area (Å²) in [6, 6.07) is 0. The zero-order valence-electron chi connectivity index (χ0n) is 14.9. The summed E-state index contributed by atoms with van der Waals surface area (Å²) >= 11 is 0. The first-order valence-electron chi connectivity index (χ1n) is 8.84. The summed E-state index contributed by atoms with van der Waals surface area (Å²) in [4.78, 5) is 13.0.